The average molecular weight is 361 g/mol. The molecule has 2 rings (SSSR count). The number of hydrogen-bond donors (Lipinski definition) is 1. The number of benzene rings is 2. The number of alkyl halides is 2. The number of para-hydroxylation sites is 1. The van der Waals surface area contributed by atoms with Crippen LogP contribution in [-0.2, 0) is 9.53 Å². The molecule has 2 aromatic rings. The lowest BCUT2D eigenvalue weighted by atomic mass is 10.00. The third-order valence-corrected chi connectivity index (χ3v) is 4.08. The predicted octanol–water partition coefficient (Wildman–Crippen LogP) is 5.60. The highest BCUT2D eigenvalue weighted by Crippen LogP contribution is 2.35. The molecule has 1 unspecified atom stereocenters. The Balaban J connectivity index is 2.13. The molecular formula is C21H25F2NO2. The van der Waals surface area contributed by atoms with E-state index in [1.165, 1.54) is 0 Å². The summed E-state index contributed by atoms with van der Waals surface area (Å²) >= 11 is 0. The van der Waals surface area contributed by atoms with E-state index in [2.05, 4.69) is 12.2 Å². The normalized spacial score (nSPS) is 12.4. The molecule has 0 amide bonds. The van der Waals surface area contributed by atoms with E-state index < -0.39 is 17.9 Å². The second-order valence-corrected chi connectivity index (χ2v) is 6.17. The molecule has 3 nitrogen and oxygen atoms in total. The number of rotatable bonds is 10. The fourth-order valence-corrected chi connectivity index (χ4v) is 2.64. The number of carbonyl (C=O) groups is 1. The van der Waals surface area contributed by atoms with Gasteiger partial charge in [0.2, 0.25) is 0 Å². The predicted molar refractivity (Wildman–Crippen MR) is 99.3 cm³/mol. The Labute approximate surface area is 153 Å². The second-order valence-electron chi connectivity index (χ2n) is 6.17. The molecule has 1 N–H and O–H groups in total. The van der Waals surface area contributed by atoms with E-state index in [4.69, 9.17) is 4.74 Å². The van der Waals surface area contributed by atoms with Crippen molar-refractivity contribution in [3.05, 3.63) is 66.2 Å². The molecule has 140 valence electrons. The van der Waals surface area contributed by atoms with Crippen LogP contribution in [0.15, 0.2) is 60.7 Å². The van der Waals surface area contributed by atoms with Gasteiger partial charge in [0.25, 0.3) is 0 Å². The van der Waals surface area contributed by atoms with Crippen molar-refractivity contribution in [1.29, 1.82) is 0 Å². The molecule has 0 heterocycles. The van der Waals surface area contributed by atoms with Gasteiger partial charge in [0, 0.05) is 5.69 Å². The standard InChI is InChI=1S/C21H25F2NO2/c1-2-3-4-11-16-26-20(25)21(22,23)19(17-12-7-5-8-13-17)24-18-14-9-6-10-15-18/h5-10,12-15,19,24H,2-4,11,16H2,1H3. The van der Waals surface area contributed by atoms with Crippen LogP contribution in [0.4, 0.5) is 14.5 Å². The molecule has 0 spiro atoms. The number of esters is 1. The zero-order chi connectivity index (χ0) is 18.8. The van der Waals surface area contributed by atoms with E-state index in [0.717, 1.165) is 19.3 Å². The van der Waals surface area contributed by atoms with E-state index in [1.54, 1.807) is 60.7 Å². The Morgan fingerprint density at radius 3 is 2.23 bits per heavy atom. The lowest BCUT2D eigenvalue weighted by Gasteiger charge is -2.27. The van der Waals surface area contributed by atoms with Crippen molar-refractivity contribution in [3.8, 4) is 0 Å². The number of anilines is 1. The number of carbonyl (C=O) groups excluding carboxylic acids is 1. The third-order valence-electron chi connectivity index (χ3n) is 4.08. The Bertz CT molecular complexity index is 662. The van der Waals surface area contributed by atoms with Crippen molar-refractivity contribution in [2.45, 2.75) is 44.6 Å². The molecule has 0 aromatic heterocycles. The molecule has 26 heavy (non-hydrogen) atoms. The molecule has 0 radical (unpaired) electrons. The maximum Gasteiger partial charge on any atom is 0.379 e. The Morgan fingerprint density at radius 2 is 1.62 bits per heavy atom. The first-order valence-electron chi connectivity index (χ1n) is 8.97. The molecule has 0 aliphatic rings. The number of unbranched alkanes of at least 4 members (excludes halogenated alkanes) is 3. The molecule has 0 aliphatic heterocycles. The zero-order valence-electron chi connectivity index (χ0n) is 15.0. The molecule has 2 aromatic carbocycles. The maximum absolute atomic E-state index is 14.9. The molecule has 5 heteroatoms. The SMILES string of the molecule is CCCCCCOC(=O)C(F)(F)C(Nc1ccccc1)c1ccccc1. The van der Waals surface area contributed by atoms with Crippen molar-refractivity contribution >= 4 is 11.7 Å². The van der Waals surface area contributed by atoms with Gasteiger partial charge in [-0.05, 0) is 24.1 Å². The largest absolute Gasteiger partial charge is 0.461 e. The van der Waals surface area contributed by atoms with Gasteiger partial charge in [-0.2, -0.15) is 8.78 Å². The summed E-state index contributed by atoms with van der Waals surface area (Å²) in [4.78, 5) is 12.1. The molecule has 0 aliphatic carbocycles. The van der Waals surface area contributed by atoms with Crippen LogP contribution < -0.4 is 5.32 Å². The monoisotopic (exact) mass is 361 g/mol. The van der Waals surface area contributed by atoms with Gasteiger partial charge in [0.15, 0.2) is 0 Å². The minimum atomic E-state index is -3.69. The van der Waals surface area contributed by atoms with Crippen molar-refractivity contribution in [2.24, 2.45) is 0 Å². The Hall–Kier alpha value is -2.43. The average Bonchev–Trinajstić information content (AvgIpc) is 2.67. The van der Waals surface area contributed by atoms with Gasteiger partial charge in [-0.15, -0.1) is 0 Å². The number of ether oxygens (including phenoxy) is 1. The topological polar surface area (TPSA) is 38.3 Å². The fourth-order valence-electron chi connectivity index (χ4n) is 2.64. The smallest absolute Gasteiger partial charge is 0.379 e. The van der Waals surface area contributed by atoms with Gasteiger partial charge in [-0.25, -0.2) is 4.79 Å². The zero-order valence-corrected chi connectivity index (χ0v) is 15.0. The minimum absolute atomic E-state index is 0.0151. The first kappa shape index (κ1) is 19.9. The third kappa shape index (κ3) is 5.55. The molecular weight excluding hydrogens is 336 g/mol. The molecule has 0 bridgehead atoms. The van der Waals surface area contributed by atoms with E-state index in [0.29, 0.717) is 17.7 Å². The summed E-state index contributed by atoms with van der Waals surface area (Å²) in [5.41, 5.74) is 0.834. The van der Waals surface area contributed by atoms with Crippen molar-refractivity contribution in [3.63, 3.8) is 0 Å². The second kappa shape index (κ2) is 9.90. The number of hydrogen-bond acceptors (Lipinski definition) is 3. The van der Waals surface area contributed by atoms with Crippen LogP contribution in [0.5, 0.6) is 0 Å². The summed E-state index contributed by atoms with van der Waals surface area (Å²) in [6, 6.07) is 15.4. The van der Waals surface area contributed by atoms with Gasteiger partial charge in [-0.3, -0.25) is 0 Å². The minimum Gasteiger partial charge on any atom is -0.461 e. The van der Waals surface area contributed by atoms with E-state index in [-0.39, 0.29) is 6.61 Å². The van der Waals surface area contributed by atoms with Crippen LogP contribution in [0.1, 0.15) is 44.2 Å². The van der Waals surface area contributed by atoms with E-state index in [9.17, 15) is 13.6 Å². The Morgan fingerprint density at radius 1 is 1.00 bits per heavy atom. The molecule has 0 fully saturated rings. The number of halogens is 2. The van der Waals surface area contributed by atoms with Gasteiger partial charge in [0.1, 0.15) is 6.04 Å². The highest BCUT2D eigenvalue weighted by molar-refractivity contribution is 5.79. The first-order valence-corrected chi connectivity index (χ1v) is 8.97. The van der Waals surface area contributed by atoms with Gasteiger partial charge < -0.3 is 10.1 Å². The summed E-state index contributed by atoms with van der Waals surface area (Å²) in [5, 5.41) is 2.78. The van der Waals surface area contributed by atoms with Crippen LogP contribution >= 0.6 is 0 Å². The van der Waals surface area contributed by atoms with E-state index >= 15 is 0 Å². The lowest BCUT2D eigenvalue weighted by molar-refractivity contribution is -0.174. The summed E-state index contributed by atoms with van der Waals surface area (Å²) in [7, 11) is 0. The summed E-state index contributed by atoms with van der Waals surface area (Å²) in [6.45, 7) is 2.07. The van der Waals surface area contributed by atoms with Crippen molar-refractivity contribution < 1.29 is 18.3 Å². The van der Waals surface area contributed by atoms with Gasteiger partial charge in [0.05, 0.1) is 6.61 Å². The van der Waals surface area contributed by atoms with Crippen molar-refractivity contribution in [1.82, 2.24) is 0 Å². The highest BCUT2D eigenvalue weighted by Gasteiger charge is 2.49. The highest BCUT2D eigenvalue weighted by atomic mass is 19.3. The molecule has 1 atom stereocenters. The lowest BCUT2D eigenvalue weighted by Crippen LogP contribution is -2.41. The molecule has 0 saturated heterocycles. The van der Waals surface area contributed by atoms with Gasteiger partial charge in [-0.1, -0.05) is 74.7 Å². The summed E-state index contributed by atoms with van der Waals surface area (Å²) in [6.07, 6.45) is 3.48. The van der Waals surface area contributed by atoms with Crippen molar-refractivity contribution in [2.75, 3.05) is 11.9 Å². The van der Waals surface area contributed by atoms with Crippen LogP contribution in [0, 0.1) is 0 Å². The van der Waals surface area contributed by atoms with Crippen LogP contribution in [0.2, 0.25) is 0 Å². The Kier molecular flexibility index (Phi) is 7.57. The van der Waals surface area contributed by atoms with Crippen LogP contribution in [0.3, 0.4) is 0 Å². The van der Waals surface area contributed by atoms with Gasteiger partial charge >= 0.3 is 11.9 Å². The molecule has 0 saturated carbocycles. The summed E-state index contributed by atoms with van der Waals surface area (Å²) < 4.78 is 34.6. The quantitative estimate of drug-likeness (QED) is 0.442. The summed E-state index contributed by atoms with van der Waals surface area (Å²) in [5.74, 6) is -5.19. The maximum atomic E-state index is 14.9. The number of nitrogens with one attached hydrogen (secondary N) is 1. The van der Waals surface area contributed by atoms with Crippen LogP contribution in [0.25, 0.3) is 0 Å². The fraction of sp³-hybridized carbons (Fsp3) is 0.381. The van der Waals surface area contributed by atoms with E-state index in [1.807, 2.05) is 0 Å². The van der Waals surface area contributed by atoms with Crippen LogP contribution in [-0.4, -0.2) is 18.5 Å². The first-order chi connectivity index (χ1) is 12.6.